The molecule has 0 saturated carbocycles. The predicted molar refractivity (Wildman–Crippen MR) is 68.1 cm³/mol. The molecule has 0 saturated heterocycles. The fraction of sp³-hybridized carbons (Fsp3) is 0.231. The minimum Gasteiger partial charge on any atom is -0.461 e. The Morgan fingerprint density at radius 1 is 1.42 bits per heavy atom. The van der Waals surface area contributed by atoms with Gasteiger partial charge in [0.1, 0.15) is 17.3 Å². The Balaban J connectivity index is 2.36. The van der Waals surface area contributed by atoms with E-state index in [4.69, 9.17) is 10.2 Å². The zero-order valence-electron chi connectivity index (χ0n) is 10.3. The highest BCUT2D eigenvalue weighted by atomic mass is 19.1. The number of nitrogens with zero attached hydrogens (tertiary/aromatic N) is 1. The van der Waals surface area contributed by atoms with Crippen molar-refractivity contribution in [2.75, 3.05) is 0 Å². The lowest BCUT2D eigenvalue weighted by atomic mass is 10.1. The number of hydrogen-bond acceptors (Lipinski definition) is 4. The van der Waals surface area contributed by atoms with Crippen LogP contribution >= 0.6 is 0 Å². The van der Waals surface area contributed by atoms with Gasteiger partial charge >= 0.3 is 0 Å². The molecular formula is C13H13FN2O3. The third-order valence-electron chi connectivity index (χ3n) is 2.56. The molecule has 1 atom stereocenters. The van der Waals surface area contributed by atoms with Crippen LogP contribution in [0.1, 0.15) is 12.7 Å². The van der Waals surface area contributed by atoms with E-state index < -0.39 is 10.7 Å². The van der Waals surface area contributed by atoms with E-state index >= 15 is 0 Å². The summed E-state index contributed by atoms with van der Waals surface area (Å²) in [4.78, 5) is 10.0. The van der Waals surface area contributed by atoms with Crippen LogP contribution in [0.4, 0.5) is 10.1 Å². The number of halogens is 1. The molecule has 0 amide bonds. The summed E-state index contributed by atoms with van der Waals surface area (Å²) in [5, 5.41) is 10.7. The van der Waals surface area contributed by atoms with Crippen molar-refractivity contribution < 1.29 is 13.7 Å². The Morgan fingerprint density at radius 3 is 2.79 bits per heavy atom. The van der Waals surface area contributed by atoms with E-state index in [9.17, 15) is 14.5 Å². The molecule has 0 spiro atoms. The molecule has 5 nitrogen and oxygen atoms in total. The summed E-state index contributed by atoms with van der Waals surface area (Å²) in [5.41, 5.74) is 5.68. The number of hydrogen-bond donors (Lipinski definition) is 1. The molecule has 1 heterocycles. The number of benzene rings is 1. The summed E-state index contributed by atoms with van der Waals surface area (Å²) in [7, 11) is 0. The summed E-state index contributed by atoms with van der Waals surface area (Å²) in [6.45, 7) is 1.84. The van der Waals surface area contributed by atoms with Crippen LogP contribution in [-0.4, -0.2) is 11.0 Å². The fourth-order valence-electron chi connectivity index (χ4n) is 1.78. The Morgan fingerprint density at radius 2 is 2.16 bits per heavy atom. The van der Waals surface area contributed by atoms with Crippen molar-refractivity contribution >= 4 is 5.69 Å². The van der Waals surface area contributed by atoms with Gasteiger partial charge in [0, 0.05) is 24.1 Å². The monoisotopic (exact) mass is 264 g/mol. The molecule has 6 heteroatoms. The highest BCUT2D eigenvalue weighted by Crippen LogP contribution is 2.27. The van der Waals surface area contributed by atoms with Crippen molar-refractivity contribution in [1.82, 2.24) is 0 Å². The lowest BCUT2D eigenvalue weighted by Crippen LogP contribution is -2.17. The second-order valence-corrected chi connectivity index (χ2v) is 4.40. The van der Waals surface area contributed by atoms with Gasteiger partial charge < -0.3 is 10.2 Å². The number of rotatable bonds is 4. The number of nitrogens with two attached hydrogens (primary N) is 1. The maximum absolute atomic E-state index is 13.3. The van der Waals surface area contributed by atoms with E-state index in [0.29, 0.717) is 23.5 Å². The van der Waals surface area contributed by atoms with Crippen molar-refractivity contribution in [3.8, 4) is 11.3 Å². The molecule has 100 valence electrons. The SMILES string of the molecule is CC(N)Cc1ccc(-c2cc(F)cc([N+](=O)[O-])c2)o1. The quantitative estimate of drug-likeness (QED) is 0.680. The van der Waals surface area contributed by atoms with Gasteiger partial charge in [-0.05, 0) is 25.1 Å². The van der Waals surface area contributed by atoms with Crippen LogP contribution in [0.5, 0.6) is 0 Å². The summed E-state index contributed by atoms with van der Waals surface area (Å²) < 4.78 is 18.8. The Kier molecular flexibility index (Phi) is 3.62. The van der Waals surface area contributed by atoms with Gasteiger partial charge in [0.25, 0.3) is 5.69 Å². The third kappa shape index (κ3) is 3.17. The van der Waals surface area contributed by atoms with Crippen LogP contribution in [0.3, 0.4) is 0 Å². The number of furan rings is 1. The Hall–Kier alpha value is -2.21. The molecule has 1 aromatic heterocycles. The molecule has 1 unspecified atom stereocenters. The van der Waals surface area contributed by atoms with Crippen LogP contribution in [0.15, 0.2) is 34.7 Å². The smallest absolute Gasteiger partial charge is 0.273 e. The topological polar surface area (TPSA) is 82.3 Å². The summed E-state index contributed by atoms with van der Waals surface area (Å²) in [5.74, 6) is 0.379. The number of nitro benzene ring substituents is 1. The first kappa shape index (κ1) is 13.2. The van der Waals surface area contributed by atoms with Gasteiger partial charge in [-0.25, -0.2) is 4.39 Å². The van der Waals surface area contributed by atoms with Crippen molar-refractivity contribution in [3.05, 3.63) is 52.0 Å². The Labute approximate surface area is 109 Å². The lowest BCUT2D eigenvalue weighted by molar-refractivity contribution is -0.385. The molecule has 2 aromatic rings. The van der Waals surface area contributed by atoms with Crippen molar-refractivity contribution in [2.24, 2.45) is 5.73 Å². The first-order chi connectivity index (χ1) is 8.95. The van der Waals surface area contributed by atoms with Crippen molar-refractivity contribution in [3.63, 3.8) is 0 Å². The van der Waals surface area contributed by atoms with E-state index in [1.54, 1.807) is 12.1 Å². The maximum atomic E-state index is 13.3. The van der Waals surface area contributed by atoms with Gasteiger partial charge in [-0.2, -0.15) is 0 Å². The van der Waals surface area contributed by atoms with E-state index in [1.165, 1.54) is 12.1 Å². The Bertz CT molecular complexity index is 608. The summed E-state index contributed by atoms with van der Waals surface area (Å²) in [6, 6.07) is 6.67. The van der Waals surface area contributed by atoms with Gasteiger partial charge in [0.2, 0.25) is 0 Å². The zero-order valence-corrected chi connectivity index (χ0v) is 10.3. The van der Waals surface area contributed by atoms with Crippen LogP contribution in [0.2, 0.25) is 0 Å². The molecule has 2 N–H and O–H groups in total. The van der Waals surface area contributed by atoms with Gasteiger partial charge in [0.15, 0.2) is 0 Å². The molecular weight excluding hydrogens is 251 g/mol. The predicted octanol–water partition coefficient (Wildman–Crippen LogP) is 2.88. The standard InChI is InChI=1S/C13H13FN2O3/c1-8(15)4-12-2-3-13(19-12)9-5-10(14)7-11(6-9)16(17)18/h2-3,5-8H,4,15H2,1H3. The average Bonchev–Trinajstić information content (AvgIpc) is 2.75. The minimum absolute atomic E-state index is 0.0548. The molecule has 0 radical (unpaired) electrons. The first-order valence-corrected chi connectivity index (χ1v) is 5.75. The normalized spacial score (nSPS) is 12.4. The molecule has 0 bridgehead atoms. The largest absolute Gasteiger partial charge is 0.461 e. The maximum Gasteiger partial charge on any atom is 0.273 e. The van der Waals surface area contributed by atoms with Gasteiger partial charge in [-0.15, -0.1) is 0 Å². The van der Waals surface area contributed by atoms with Crippen molar-refractivity contribution in [1.29, 1.82) is 0 Å². The highest BCUT2D eigenvalue weighted by Gasteiger charge is 2.13. The van der Waals surface area contributed by atoms with E-state index in [2.05, 4.69) is 0 Å². The summed E-state index contributed by atoms with van der Waals surface area (Å²) in [6.07, 6.45) is 0.553. The lowest BCUT2D eigenvalue weighted by Gasteiger charge is -2.01. The van der Waals surface area contributed by atoms with E-state index in [1.807, 2.05) is 6.92 Å². The molecule has 1 aromatic carbocycles. The zero-order chi connectivity index (χ0) is 14.0. The molecule has 0 aliphatic rings. The second-order valence-electron chi connectivity index (χ2n) is 4.40. The number of nitro groups is 1. The van der Waals surface area contributed by atoms with Crippen molar-refractivity contribution in [2.45, 2.75) is 19.4 Å². The second kappa shape index (κ2) is 5.19. The van der Waals surface area contributed by atoms with E-state index in [-0.39, 0.29) is 11.7 Å². The van der Waals surface area contributed by atoms with Crippen LogP contribution in [0.25, 0.3) is 11.3 Å². The highest BCUT2D eigenvalue weighted by molar-refractivity contribution is 5.61. The van der Waals surface area contributed by atoms with E-state index in [0.717, 1.165) is 6.07 Å². The van der Waals surface area contributed by atoms with Crippen LogP contribution < -0.4 is 5.73 Å². The third-order valence-corrected chi connectivity index (χ3v) is 2.56. The van der Waals surface area contributed by atoms with Gasteiger partial charge in [-0.1, -0.05) is 0 Å². The number of non-ortho nitro benzene ring substituents is 1. The molecule has 0 aliphatic heterocycles. The molecule has 19 heavy (non-hydrogen) atoms. The van der Waals surface area contributed by atoms with Crippen LogP contribution in [0, 0.1) is 15.9 Å². The van der Waals surface area contributed by atoms with Crippen LogP contribution in [-0.2, 0) is 6.42 Å². The minimum atomic E-state index is -0.672. The summed E-state index contributed by atoms with van der Waals surface area (Å²) >= 11 is 0. The van der Waals surface area contributed by atoms with Gasteiger partial charge in [0.05, 0.1) is 11.0 Å². The molecule has 0 aliphatic carbocycles. The first-order valence-electron chi connectivity index (χ1n) is 5.75. The average molecular weight is 264 g/mol. The molecule has 0 fully saturated rings. The van der Waals surface area contributed by atoms with Gasteiger partial charge in [-0.3, -0.25) is 10.1 Å². The fourth-order valence-corrected chi connectivity index (χ4v) is 1.78. The molecule has 2 rings (SSSR count).